The van der Waals surface area contributed by atoms with Crippen LogP contribution in [0.5, 0.6) is 5.75 Å². The smallest absolute Gasteiger partial charge is 0.264 e. The Morgan fingerprint density at radius 2 is 1.91 bits per heavy atom. The van der Waals surface area contributed by atoms with Crippen molar-refractivity contribution >= 4 is 68.0 Å². The molecule has 1 fully saturated rings. The van der Waals surface area contributed by atoms with Crippen molar-refractivity contribution in [3.8, 4) is 5.75 Å². The molecule has 3 aromatic carbocycles. The van der Waals surface area contributed by atoms with E-state index in [9.17, 15) is 4.79 Å². The molecule has 1 aliphatic heterocycles. The van der Waals surface area contributed by atoms with Crippen molar-refractivity contribution < 1.29 is 9.53 Å². The summed E-state index contributed by atoms with van der Waals surface area (Å²) in [6.45, 7) is 3.05. The number of nitrogens with zero attached hydrogens (tertiary/aromatic N) is 2. The Labute approximate surface area is 194 Å². The highest BCUT2D eigenvalue weighted by Crippen LogP contribution is 2.35. The minimum Gasteiger partial charge on any atom is -0.494 e. The highest BCUT2D eigenvalue weighted by Gasteiger charge is 2.24. The number of rotatable bonds is 4. The predicted octanol–water partition coefficient (Wildman–Crippen LogP) is 6.37. The first-order chi connectivity index (χ1) is 15.6. The first-order valence-electron chi connectivity index (χ1n) is 10.2. The zero-order chi connectivity index (χ0) is 22.2. The number of ether oxygens (including phenoxy) is 1. The fraction of sp³-hybridized carbons (Fsp3) is 0.120. The molecule has 1 aromatic heterocycles. The third-order valence-electron chi connectivity index (χ3n) is 5.42. The number of hydrogen-bond acceptors (Lipinski definition) is 4. The van der Waals surface area contributed by atoms with Gasteiger partial charge in [-0.2, -0.15) is 0 Å². The van der Waals surface area contributed by atoms with E-state index >= 15 is 0 Å². The van der Waals surface area contributed by atoms with Gasteiger partial charge in [0, 0.05) is 33.4 Å². The lowest BCUT2D eigenvalue weighted by atomic mass is 10.1. The van der Waals surface area contributed by atoms with Crippen molar-refractivity contribution in [2.75, 3.05) is 7.11 Å². The number of nitrogens with one attached hydrogen (secondary N) is 1. The molecule has 160 valence electrons. The number of aromatic nitrogens is 1. The number of carbonyl (C=O) groups is 1. The number of amides is 1. The third kappa shape index (κ3) is 3.66. The second-order valence-electron chi connectivity index (χ2n) is 7.34. The van der Waals surface area contributed by atoms with Crippen LogP contribution in [-0.2, 0) is 11.3 Å². The van der Waals surface area contributed by atoms with Crippen molar-refractivity contribution in [2.24, 2.45) is 4.99 Å². The monoisotopic (exact) mass is 461 g/mol. The summed E-state index contributed by atoms with van der Waals surface area (Å²) in [6, 6.07) is 19.9. The molecule has 0 spiro atoms. The molecule has 7 heteroatoms. The van der Waals surface area contributed by atoms with E-state index in [2.05, 4.69) is 58.2 Å². The summed E-state index contributed by atoms with van der Waals surface area (Å²) < 4.78 is 7.65. The molecule has 0 radical (unpaired) electrons. The maximum Gasteiger partial charge on any atom is 0.264 e. The summed E-state index contributed by atoms with van der Waals surface area (Å²) in [7, 11) is 1.57. The van der Waals surface area contributed by atoms with Gasteiger partial charge in [-0.25, -0.2) is 4.99 Å². The first-order valence-corrected chi connectivity index (χ1v) is 11.4. The second kappa shape index (κ2) is 8.37. The predicted molar refractivity (Wildman–Crippen MR) is 134 cm³/mol. The molecule has 0 saturated carbocycles. The van der Waals surface area contributed by atoms with Crippen LogP contribution < -0.4 is 10.1 Å². The topological polar surface area (TPSA) is 55.6 Å². The molecule has 1 N–H and O–H groups in total. The number of aryl methyl sites for hydroxylation is 1. The minimum absolute atomic E-state index is 0.175. The lowest BCUT2D eigenvalue weighted by Crippen LogP contribution is -2.19. The Balaban J connectivity index is 1.51. The average molecular weight is 462 g/mol. The molecule has 2 heterocycles. The number of para-hydroxylation sites is 1. The SMILES string of the molecule is CCn1c2ccccc2c2cc(/C=C3\SC(=Nc4cc(Cl)ccc4OC)NC3=O)ccc21. The second-order valence-corrected chi connectivity index (χ2v) is 8.80. The molecule has 1 aliphatic rings. The van der Waals surface area contributed by atoms with Gasteiger partial charge < -0.3 is 14.6 Å². The van der Waals surface area contributed by atoms with Gasteiger partial charge >= 0.3 is 0 Å². The van der Waals surface area contributed by atoms with Gasteiger partial charge in [-0.05, 0) is 66.7 Å². The molecule has 1 amide bonds. The van der Waals surface area contributed by atoms with Crippen LogP contribution in [0.4, 0.5) is 5.69 Å². The molecular weight excluding hydrogens is 442 g/mol. The molecule has 5 nitrogen and oxygen atoms in total. The van der Waals surface area contributed by atoms with E-state index < -0.39 is 0 Å². The number of amidine groups is 1. The summed E-state index contributed by atoms with van der Waals surface area (Å²) in [5.74, 6) is 0.415. The normalized spacial score (nSPS) is 16.4. The van der Waals surface area contributed by atoms with Crippen molar-refractivity contribution in [1.82, 2.24) is 9.88 Å². The van der Waals surface area contributed by atoms with E-state index in [1.165, 1.54) is 33.6 Å². The highest BCUT2D eigenvalue weighted by molar-refractivity contribution is 8.18. The Morgan fingerprint density at radius 1 is 1.09 bits per heavy atom. The van der Waals surface area contributed by atoms with E-state index in [0.29, 0.717) is 26.5 Å². The molecule has 0 bridgehead atoms. The average Bonchev–Trinajstić information content (AvgIpc) is 3.30. The van der Waals surface area contributed by atoms with Crippen molar-refractivity contribution in [2.45, 2.75) is 13.5 Å². The maximum atomic E-state index is 12.6. The number of fused-ring (bicyclic) bond motifs is 3. The lowest BCUT2D eigenvalue weighted by Gasteiger charge is -2.05. The van der Waals surface area contributed by atoms with Crippen LogP contribution >= 0.6 is 23.4 Å². The molecule has 1 saturated heterocycles. The zero-order valence-corrected chi connectivity index (χ0v) is 19.1. The van der Waals surface area contributed by atoms with Gasteiger partial charge in [-0.3, -0.25) is 4.79 Å². The third-order valence-corrected chi connectivity index (χ3v) is 6.57. The number of benzene rings is 3. The minimum atomic E-state index is -0.175. The van der Waals surface area contributed by atoms with Gasteiger partial charge in [-0.1, -0.05) is 35.9 Å². The standard InChI is InChI=1S/C25H20ClN3O2S/c1-3-29-20-7-5-4-6-17(20)18-12-15(8-10-21(18)29)13-23-24(30)28-25(32-23)27-19-14-16(26)9-11-22(19)31-2/h4-14H,3H2,1-2H3,(H,27,28,30)/b23-13-. The van der Waals surface area contributed by atoms with E-state index in [1.807, 2.05) is 12.1 Å². The van der Waals surface area contributed by atoms with Gasteiger partial charge in [0.2, 0.25) is 0 Å². The van der Waals surface area contributed by atoms with Gasteiger partial charge in [0.25, 0.3) is 5.91 Å². The Bertz CT molecular complexity index is 1440. The molecular formula is C25H20ClN3O2S. The van der Waals surface area contributed by atoms with Crippen molar-refractivity contribution in [3.63, 3.8) is 0 Å². The molecule has 5 rings (SSSR count). The maximum absolute atomic E-state index is 12.6. The number of thioether (sulfide) groups is 1. The van der Waals surface area contributed by atoms with Crippen molar-refractivity contribution in [1.29, 1.82) is 0 Å². The van der Waals surface area contributed by atoms with Crippen LogP contribution in [0.25, 0.3) is 27.9 Å². The zero-order valence-electron chi connectivity index (χ0n) is 17.6. The quantitative estimate of drug-likeness (QED) is 0.359. The van der Waals surface area contributed by atoms with Crippen molar-refractivity contribution in [3.05, 3.63) is 76.2 Å². The fourth-order valence-corrected chi connectivity index (χ4v) is 4.99. The number of methoxy groups -OCH3 is 1. The number of aliphatic imine (C=N–C) groups is 1. The van der Waals surface area contributed by atoms with E-state index in [4.69, 9.17) is 16.3 Å². The fourth-order valence-electron chi connectivity index (χ4n) is 3.99. The molecule has 0 atom stereocenters. The van der Waals surface area contributed by atoms with E-state index in [-0.39, 0.29) is 5.91 Å². The Kier molecular flexibility index (Phi) is 5.41. The number of hydrogen-bond donors (Lipinski definition) is 1. The molecule has 4 aromatic rings. The molecule has 0 aliphatic carbocycles. The summed E-state index contributed by atoms with van der Waals surface area (Å²) in [4.78, 5) is 17.7. The number of carbonyl (C=O) groups excluding carboxylic acids is 1. The summed E-state index contributed by atoms with van der Waals surface area (Å²) in [5, 5.41) is 6.26. The molecule has 0 unspecified atom stereocenters. The van der Waals surface area contributed by atoms with Crippen LogP contribution in [0.15, 0.2) is 70.6 Å². The lowest BCUT2D eigenvalue weighted by molar-refractivity contribution is -0.115. The van der Waals surface area contributed by atoms with Gasteiger partial charge in [0.1, 0.15) is 11.4 Å². The van der Waals surface area contributed by atoms with E-state index in [1.54, 1.807) is 25.3 Å². The van der Waals surface area contributed by atoms with Crippen LogP contribution in [0.2, 0.25) is 5.02 Å². The molecule has 32 heavy (non-hydrogen) atoms. The van der Waals surface area contributed by atoms with Crippen LogP contribution in [-0.4, -0.2) is 22.8 Å². The van der Waals surface area contributed by atoms with Gasteiger partial charge in [0.15, 0.2) is 5.17 Å². The van der Waals surface area contributed by atoms with Crippen LogP contribution in [0, 0.1) is 0 Å². The summed E-state index contributed by atoms with van der Waals surface area (Å²) in [5.41, 5.74) is 3.94. The first kappa shape index (κ1) is 20.7. The largest absolute Gasteiger partial charge is 0.494 e. The van der Waals surface area contributed by atoms with Gasteiger partial charge in [0.05, 0.1) is 12.0 Å². The van der Waals surface area contributed by atoms with Crippen LogP contribution in [0.1, 0.15) is 12.5 Å². The van der Waals surface area contributed by atoms with E-state index in [0.717, 1.165) is 12.1 Å². The van der Waals surface area contributed by atoms with Gasteiger partial charge in [-0.15, -0.1) is 0 Å². The summed E-state index contributed by atoms with van der Waals surface area (Å²) in [6.07, 6.45) is 1.90. The Hall–Kier alpha value is -3.22. The van der Waals surface area contributed by atoms with Crippen LogP contribution in [0.3, 0.4) is 0 Å². The Morgan fingerprint density at radius 3 is 2.72 bits per heavy atom. The number of halogens is 1. The highest BCUT2D eigenvalue weighted by atomic mass is 35.5. The summed E-state index contributed by atoms with van der Waals surface area (Å²) >= 11 is 7.39.